The molecule has 4 heteroatoms. The Morgan fingerprint density at radius 3 is 1.52 bits per heavy atom. The molecule has 0 saturated heterocycles. The molecular formula is C23H18BNO2. The molecule has 0 unspecified atom stereocenters. The van der Waals surface area contributed by atoms with E-state index in [-0.39, 0.29) is 0 Å². The summed E-state index contributed by atoms with van der Waals surface area (Å²) in [5, 5.41) is 18.6. The first kappa shape index (κ1) is 17.2. The average molecular weight is 351 g/mol. The number of nitrogens with zero attached hydrogens (tertiary/aromatic N) is 1. The summed E-state index contributed by atoms with van der Waals surface area (Å²) in [5.41, 5.74) is 6.40. The maximum absolute atomic E-state index is 9.31. The maximum Gasteiger partial charge on any atom is 0.488 e. The average Bonchev–Trinajstić information content (AvgIpc) is 2.75. The van der Waals surface area contributed by atoms with Crippen LogP contribution < -0.4 is 5.46 Å². The molecule has 3 aromatic carbocycles. The van der Waals surface area contributed by atoms with Gasteiger partial charge in [-0.15, -0.1) is 0 Å². The first-order valence-corrected chi connectivity index (χ1v) is 8.80. The van der Waals surface area contributed by atoms with E-state index in [2.05, 4.69) is 24.3 Å². The predicted octanol–water partition coefficient (Wildman–Crippen LogP) is 3.76. The van der Waals surface area contributed by atoms with Crippen molar-refractivity contribution < 1.29 is 10.0 Å². The van der Waals surface area contributed by atoms with Gasteiger partial charge in [0.1, 0.15) is 0 Å². The number of hydrogen-bond donors (Lipinski definition) is 2. The third kappa shape index (κ3) is 3.82. The predicted molar refractivity (Wildman–Crippen MR) is 110 cm³/mol. The lowest BCUT2D eigenvalue weighted by Crippen LogP contribution is -2.29. The highest BCUT2D eigenvalue weighted by Gasteiger charge is 2.12. The van der Waals surface area contributed by atoms with Crippen LogP contribution in [0.15, 0.2) is 97.1 Å². The fourth-order valence-electron chi connectivity index (χ4n) is 3.06. The first-order chi connectivity index (χ1) is 13.2. The van der Waals surface area contributed by atoms with Crippen molar-refractivity contribution in [2.75, 3.05) is 0 Å². The Morgan fingerprint density at radius 2 is 1.00 bits per heavy atom. The second kappa shape index (κ2) is 7.58. The number of hydrogen-bond acceptors (Lipinski definition) is 3. The lowest BCUT2D eigenvalue weighted by molar-refractivity contribution is 0.426. The Balaban J connectivity index is 1.85. The molecule has 0 aliphatic heterocycles. The molecule has 2 N–H and O–H groups in total. The minimum atomic E-state index is -1.47. The molecule has 0 aliphatic carbocycles. The van der Waals surface area contributed by atoms with Crippen molar-refractivity contribution in [1.29, 1.82) is 0 Å². The molecule has 0 amide bonds. The second-order valence-electron chi connectivity index (χ2n) is 6.35. The van der Waals surface area contributed by atoms with Crippen molar-refractivity contribution in [3.8, 4) is 33.6 Å². The smallest absolute Gasteiger partial charge is 0.423 e. The Labute approximate surface area is 158 Å². The van der Waals surface area contributed by atoms with Crippen LogP contribution in [0.1, 0.15) is 0 Å². The molecule has 0 spiro atoms. The van der Waals surface area contributed by atoms with E-state index in [1.165, 1.54) is 0 Å². The van der Waals surface area contributed by atoms with E-state index in [1.54, 1.807) is 12.1 Å². The van der Waals surface area contributed by atoms with Crippen LogP contribution in [-0.4, -0.2) is 22.2 Å². The third-order valence-corrected chi connectivity index (χ3v) is 4.51. The molecule has 0 atom stereocenters. The van der Waals surface area contributed by atoms with Crippen LogP contribution in [0.25, 0.3) is 33.6 Å². The van der Waals surface area contributed by atoms with Gasteiger partial charge in [-0.05, 0) is 28.7 Å². The van der Waals surface area contributed by atoms with Gasteiger partial charge in [0.05, 0.1) is 11.4 Å². The van der Waals surface area contributed by atoms with E-state index in [0.29, 0.717) is 5.46 Å². The molecule has 0 saturated carbocycles. The van der Waals surface area contributed by atoms with E-state index in [4.69, 9.17) is 4.98 Å². The van der Waals surface area contributed by atoms with Gasteiger partial charge in [-0.1, -0.05) is 84.9 Å². The van der Waals surface area contributed by atoms with Gasteiger partial charge in [0.2, 0.25) is 0 Å². The van der Waals surface area contributed by atoms with Gasteiger partial charge in [0.15, 0.2) is 0 Å². The van der Waals surface area contributed by atoms with Crippen molar-refractivity contribution in [1.82, 2.24) is 4.98 Å². The monoisotopic (exact) mass is 351 g/mol. The minimum Gasteiger partial charge on any atom is -0.423 e. The van der Waals surface area contributed by atoms with E-state index in [9.17, 15) is 10.0 Å². The highest BCUT2D eigenvalue weighted by Crippen LogP contribution is 2.29. The quantitative estimate of drug-likeness (QED) is 0.551. The molecule has 27 heavy (non-hydrogen) atoms. The SMILES string of the molecule is OB(O)c1ccc(-c2cc(-c3ccccc3)cc(-c3ccccc3)n2)cc1. The molecule has 130 valence electrons. The van der Waals surface area contributed by atoms with Gasteiger partial charge in [0, 0.05) is 11.1 Å². The van der Waals surface area contributed by atoms with Gasteiger partial charge in [0.25, 0.3) is 0 Å². The lowest BCUT2D eigenvalue weighted by Gasteiger charge is -2.11. The fourth-order valence-corrected chi connectivity index (χ4v) is 3.06. The molecule has 1 heterocycles. The zero-order valence-electron chi connectivity index (χ0n) is 14.7. The molecule has 0 fully saturated rings. The second-order valence-corrected chi connectivity index (χ2v) is 6.35. The van der Waals surface area contributed by atoms with Crippen LogP contribution >= 0.6 is 0 Å². The zero-order chi connectivity index (χ0) is 18.6. The van der Waals surface area contributed by atoms with Gasteiger partial charge in [-0.3, -0.25) is 0 Å². The molecule has 0 radical (unpaired) electrons. The van der Waals surface area contributed by atoms with Crippen molar-refractivity contribution in [2.24, 2.45) is 0 Å². The fraction of sp³-hybridized carbons (Fsp3) is 0. The van der Waals surface area contributed by atoms with Gasteiger partial charge < -0.3 is 10.0 Å². The van der Waals surface area contributed by atoms with Crippen LogP contribution in [0.3, 0.4) is 0 Å². The zero-order valence-corrected chi connectivity index (χ0v) is 14.7. The highest BCUT2D eigenvalue weighted by molar-refractivity contribution is 6.58. The Kier molecular flexibility index (Phi) is 4.83. The van der Waals surface area contributed by atoms with E-state index < -0.39 is 7.12 Å². The normalized spacial score (nSPS) is 10.6. The van der Waals surface area contributed by atoms with E-state index >= 15 is 0 Å². The van der Waals surface area contributed by atoms with Crippen LogP contribution in [-0.2, 0) is 0 Å². The summed E-state index contributed by atoms with van der Waals surface area (Å²) in [6.45, 7) is 0. The third-order valence-electron chi connectivity index (χ3n) is 4.51. The van der Waals surface area contributed by atoms with E-state index in [1.807, 2.05) is 60.7 Å². The van der Waals surface area contributed by atoms with Gasteiger partial charge >= 0.3 is 7.12 Å². The topological polar surface area (TPSA) is 53.4 Å². The molecule has 4 aromatic rings. The molecule has 0 bridgehead atoms. The number of benzene rings is 3. The van der Waals surface area contributed by atoms with Crippen molar-refractivity contribution >= 4 is 12.6 Å². The van der Waals surface area contributed by atoms with E-state index in [0.717, 1.165) is 33.6 Å². The molecule has 0 aliphatic rings. The minimum absolute atomic E-state index is 0.459. The molecular weight excluding hydrogens is 333 g/mol. The highest BCUT2D eigenvalue weighted by atomic mass is 16.4. The Morgan fingerprint density at radius 1 is 0.519 bits per heavy atom. The maximum atomic E-state index is 9.31. The molecule has 4 rings (SSSR count). The van der Waals surface area contributed by atoms with Crippen molar-refractivity contribution in [2.45, 2.75) is 0 Å². The number of pyridine rings is 1. The summed E-state index contributed by atoms with van der Waals surface area (Å²) in [5.74, 6) is 0. The van der Waals surface area contributed by atoms with Crippen LogP contribution in [0.2, 0.25) is 0 Å². The first-order valence-electron chi connectivity index (χ1n) is 8.80. The van der Waals surface area contributed by atoms with Crippen molar-refractivity contribution in [3.05, 3.63) is 97.1 Å². The summed E-state index contributed by atoms with van der Waals surface area (Å²) in [6, 6.07) is 31.6. The largest absolute Gasteiger partial charge is 0.488 e. The van der Waals surface area contributed by atoms with Crippen molar-refractivity contribution in [3.63, 3.8) is 0 Å². The summed E-state index contributed by atoms with van der Waals surface area (Å²) < 4.78 is 0. The molecule has 3 nitrogen and oxygen atoms in total. The summed E-state index contributed by atoms with van der Waals surface area (Å²) in [7, 11) is -1.47. The molecule has 1 aromatic heterocycles. The van der Waals surface area contributed by atoms with Crippen LogP contribution in [0.4, 0.5) is 0 Å². The van der Waals surface area contributed by atoms with Crippen LogP contribution in [0.5, 0.6) is 0 Å². The van der Waals surface area contributed by atoms with Gasteiger partial charge in [-0.25, -0.2) is 4.98 Å². The standard InChI is InChI=1S/C23H18BNO2/c26-24(27)21-13-11-19(12-14-21)23-16-20(17-7-3-1-4-8-17)15-22(25-23)18-9-5-2-6-10-18/h1-16,26-27H. The summed E-state index contributed by atoms with van der Waals surface area (Å²) in [6.07, 6.45) is 0. The Hall–Kier alpha value is -3.21. The number of rotatable bonds is 4. The Bertz CT molecular complexity index is 975. The van der Waals surface area contributed by atoms with Gasteiger partial charge in [-0.2, -0.15) is 0 Å². The lowest BCUT2D eigenvalue weighted by atomic mass is 9.80. The summed E-state index contributed by atoms with van der Waals surface area (Å²) >= 11 is 0. The summed E-state index contributed by atoms with van der Waals surface area (Å²) in [4.78, 5) is 4.85. The number of aromatic nitrogens is 1. The van der Waals surface area contributed by atoms with Crippen LogP contribution in [0, 0.1) is 0 Å².